The molecule has 0 bridgehead atoms. The van der Waals surface area contributed by atoms with Gasteiger partial charge >= 0.3 is 0 Å². The van der Waals surface area contributed by atoms with Crippen molar-refractivity contribution in [3.05, 3.63) is 16.5 Å². The van der Waals surface area contributed by atoms with E-state index in [0.717, 1.165) is 36.2 Å². The van der Waals surface area contributed by atoms with Crippen LogP contribution >= 0.6 is 11.3 Å². The van der Waals surface area contributed by atoms with Crippen molar-refractivity contribution in [1.29, 1.82) is 0 Å². The molecule has 1 unspecified atom stereocenters. The molecule has 0 aromatic carbocycles. The van der Waals surface area contributed by atoms with E-state index in [1.54, 1.807) is 13.0 Å². The van der Waals surface area contributed by atoms with Crippen molar-refractivity contribution in [3.8, 4) is 0 Å². The summed E-state index contributed by atoms with van der Waals surface area (Å²) in [6.07, 6.45) is 3.00. The van der Waals surface area contributed by atoms with Crippen LogP contribution in [0.2, 0.25) is 0 Å². The molecule has 2 rings (SSSR count). The maximum atomic E-state index is 12.1. The first-order chi connectivity index (χ1) is 9.03. The predicted octanol–water partition coefficient (Wildman–Crippen LogP) is 1.40. The zero-order valence-electron chi connectivity index (χ0n) is 10.9. The Kier molecular flexibility index (Phi) is 4.97. The fourth-order valence-electron chi connectivity index (χ4n) is 2.02. The summed E-state index contributed by atoms with van der Waals surface area (Å²) in [7, 11) is -3.49. The highest BCUT2D eigenvalue weighted by Crippen LogP contribution is 2.26. The van der Waals surface area contributed by atoms with E-state index in [-0.39, 0.29) is 16.9 Å². The first-order valence-corrected chi connectivity index (χ1v) is 8.64. The Bertz CT molecular complexity index is 518. The molecule has 5 nitrogen and oxygen atoms in total. The molecule has 0 aliphatic carbocycles. The summed E-state index contributed by atoms with van der Waals surface area (Å²) in [5.41, 5.74) is 0.807. The molecule has 0 saturated carbocycles. The molecule has 108 valence electrons. The van der Waals surface area contributed by atoms with Crippen molar-refractivity contribution in [1.82, 2.24) is 4.72 Å². The lowest BCUT2D eigenvalue weighted by molar-refractivity contribution is 0.0200. The Hall–Kier alpha value is -0.470. The third-order valence-corrected chi connectivity index (χ3v) is 6.30. The van der Waals surface area contributed by atoms with E-state index >= 15 is 0 Å². The lowest BCUT2D eigenvalue weighted by atomic mass is 10.1. The Labute approximate surface area is 117 Å². The van der Waals surface area contributed by atoms with Crippen molar-refractivity contribution < 1.29 is 18.3 Å². The molecule has 0 spiro atoms. The number of hydrogen-bond donors (Lipinski definition) is 2. The number of nitrogens with one attached hydrogen (secondary N) is 1. The van der Waals surface area contributed by atoms with Crippen LogP contribution in [0.5, 0.6) is 0 Å². The number of thiophene rings is 1. The molecule has 1 aromatic rings. The fourth-order valence-corrected chi connectivity index (χ4v) is 4.58. The molecule has 1 fully saturated rings. The Balaban J connectivity index is 2.00. The summed E-state index contributed by atoms with van der Waals surface area (Å²) in [5, 5.41) is 9.11. The second kappa shape index (κ2) is 6.32. The molecule has 1 atom stereocenters. The summed E-state index contributed by atoms with van der Waals surface area (Å²) in [4.78, 5) is 0.689. The van der Waals surface area contributed by atoms with Gasteiger partial charge in [-0.25, -0.2) is 13.1 Å². The summed E-state index contributed by atoms with van der Waals surface area (Å²) in [6, 6.07) is 1.60. The zero-order valence-corrected chi connectivity index (χ0v) is 12.5. The van der Waals surface area contributed by atoms with Crippen LogP contribution in [-0.2, 0) is 21.4 Å². The molecule has 7 heteroatoms. The Morgan fingerprint density at radius 1 is 1.53 bits per heavy atom. The van der Waals surface area contributed by atoms with Crippen LogP contribution in [0.3, 0.4) is 0 Å². The number of aliphatic hydroxyl groups is 1. The maximum Gasteiger partial charge on any atom is 0.250 e. The summed E-state index contributed by atoms with van der Waals surface area (Å²) < 4.78 is 32.6. The molecule has 2 N–H and O–H groups in total. The van der Waals surface area contributed by atoms with Gasteiger partial charge in [0.2, 0.25) is 10.0 Å². The summed E-state index contributed by atoms with van der Waals surface area (Å²) in [6.45, 7) is 2.69. The van der Waals surface area contributed by atoms with Gasteiger partial charge in [-0.2, -0.15) is 0 Å². The van der Waals surface area contributed by atoms with Crippen molar-refractivity contribution in [2.45, 2.75) is 43.1 Å². The molecule has 0 radical (unpaired) electrons. The molecule has 1 aromatic heterocycles. The Morgan fingerprint density at radius 2 is 2.32 bits per heavy atom. The van der Waals surface area contributed by atoms with Gasteiger partial charge < -0.3 is 9.84 Å². The highest BCUT2D eigenvalue weighted by Gasteiger charge is 2.21. The first kappa shape index (κ1) is 14.9. The van der Waals surface area contributed by atoms with Gasteiger partial charge in [-0.1, -0.05) is 0 Å². The van der Waals surface area contributed by atoms with Crippen LogP contribution in [0.1, 0.15) is 29.7 Å². The van der Waals surface area contributed by atoms with Gasteiger partial charge in [-0.15, -0.1) is 11.3 Å². The average molecular weight is 305 g/mol. The molecule has 1 aliphatic heterocycles. The van der Waals surface area contributed by atoms with Crippen LogP contribution in [0.15, 0.2) is 10.3 Å². The third kappa shape index (κ3) is 3.76. The van der Waals surface area contributed by atoms with Crippen molar-refractivity contribution >= 4 is 21.4 Å². The van der Waals surface area contributed by atoms with Gasteiger partial charge in [-0.05, 0) is 37.8 Å². The summed E-state index contributed by atoms with van der Waals surface area (Å²) >= 11 is 1.11. The van der Waals surface area contributed by atoms with Crippen LogP contribution in [0.25, 0.3) is 0 Å². The van der Waals surface area contributed by atoms with E-state index in [1.165, 1.54) is 0 Å². The van der Waals surface area contributed by atoms with E-state index in [0.29, 0.717) is 18.0 Å². The molecular formula is C12H19NO4S2. The van der Waals surface area contributed by atoms with E-state index < -0.39 is 10.0 Å². The Morgan fingerprint density at radius 3 is 2.89 bits per heavy atom. The fraction of sp³-hybridized carbons (Fsp3) is 0.667. The van der Waals surface area contributed by atoms with Gasteiger partial charge in [0.05, 0.1) is 12.7 Å². The van der Waals surface area contributed by atoms with Crippen molar-refractivity contribution in [2.24, 2.45) is 0 Å². The van der Waals surface area contributed by atoms with Gasteiger partial charge in [0.25, 0.3) is 0 Å². The first-order valence-electron chi connectivity index (χ1n) is 6.34. The molecule has 0 amide bonds. The standard InChI is InChI=1S/C12H19NO4S2/c1-9-6-12(18-11(9)8-14)19(15,16)13-7-10-4-2-3-5-17-10/h6,10,13-14H,2-5,7-8H2,1H3. The van der Waals surface area contributed by atoms with E-state index in [4.69, 9.17) is 9.84 Å². The minimum Gasteiger partial charge on any atom is -0.391 e. The quantitative estimate of drug-likeness (QED) is 0.862. The highest BCUT2D eigenvalue weighted by atomic mass is 32.2. The number of ether oxygens (including phenoxy) is 1. The van der Waals surface area contributed by atoms with E-state index in [1.807, 2.05) is 0 Å². The average Bonchev–Trinajstić information content (AvgIpc) is 2.80. The second-order valence-corrected chi connectivity index (χ2v) is 7.80. The van der Waals surface area contributed by atoms with Crippen molar-refractivity contribution in [3.63, 3.8) is 0 Å². The number of aliphatic hydroxyl groups excluding tert-OH is 1. The molecule has 1 saturated heterocycles. The lowest BCUT2D eigenvalue weighted by Crippen LogP contribution is -2.35. The topological polar surface area (TPSA) is 75.6 Å². The number of sulfonamides is 1. The lowest BCUT2D eigenvalue weighted by Gasteiger charge is -2.22. The van der Waals surface area contributed by atoms with Crippen molar-refractivity contribution in [2.75, 3.05) is 13.2 Å². The summed E-state index contributed by atoms with van der Waals surface area (Å²) in [5.74, 6) is 0. The molecule has 19 heavy (non-hydrogen) atoms. The maximum absolute atomic E-state index is 12.1. The van der Waals surface area contributed by atoms with E-state index in [9.17, 15) is 8.42 Å². The van der Waals surface area contributed by atoms with Gasteiger partial charge in [0, 0.05) is 18.0 Å². The highest BCUT2D eigenvalue weighted by molar-refractivity contribution is 7.91. The predicted molar refractivity (Wildman–Crippen MR) is 73.8 cm³/mol. The second-order valence-electron chi connectivity index (χ2n) is 4.67. The van der Waals surface area contributed by atoms with E-state index in [2.05, 4.69) is 4.72 Å². The van der Waals surface area contributed by atoms with Crippen LogP contribution in [0.4, 0.5) is 0 Å². The van der Waals surface area contributed by atoms with Crippen LogP contribution in [-0.4, -0.2) is 32.8 Å². The van der Waals surface area contributed by atoms with Crippen LogP contribution < -0.4 is 4.72 Å². The SMILES string of the molecule is Cc1cc(S(=O)(=O)NCC2CCCCO2)sc1CO. The van der Waals surface area contributed by atoms with Gasteiger partial charge in [-0.3, -0.25) is 0 Å². The number of aryl methyl sites for hydroxylation is 1. The monoisotopic (exact) mass is 305 g/mol. The number of hydrogen-bond acceptors (Lipinski definition) is 5. The molecule has 1 aliphatic rings. The van der Waals surface area contributed by atoms with Gasteiger partial charge in [0.1, 0.15) is 4.21 Å². The minimum atomic E-state index is -3.49. The zero-order chi connectivity index (χ0) is 13.9. The molecule has 2 heterocycles. The molecular weight excluding hydrogens is 286 g/mol. The van der Waals surface area contributed by atoms with Gasteiger partial charge in [0.15, 0.2) is 0 Å². The third-order valence-electron chi connectivity index (χ3n) is 3.18. The smallest absolute Gasteiger partial charge is 0.250 e. The normalized spacial score (nSPS) is 20.6. The van der Waals surface area contributed by atoms with Crippen LogP contribution in [0, 0.1) is 6.92 Å². The largest absolute Gasteiger partial charge is 0.391 e. The minimum absolute atomic E-state index is 0.0260. The number of rotatable bonds is 5.